The van der Waals surface area contributed by atoms with E-state index in [2.05, 4.69) is 190 Å². The second-order valence-corrected chi connectivity index (χ2v) is 14.6. The lowest BCUT2D eigenvalue weighted by Gasteiger charge is -2.32. The number of hydrogen-bond acceptors (Lipinski definition) is 4. The Labute approximate surface area is 319 Å². The van der Waals surface area contributed by atoms with E-state index in [-0.39, 0.29) is 0 Å². The largest absolute Gasteiger partial charge is 0.452 e. The van der Waals surface area contributed by atoms with Crippen molar-refractivity contribution in [3.8, 4) is 22.9 Å². The second kappa shape index (κ2) is 10.9. The molecular formula is C50H29N5O. The molecule has 8 aromatic carbocycles. The van der Waals surface area contributed by atoms with Crippen molar-refractivity contribution in [1.29, 1.82) is 0 Å². The van der Waals surface area contributed by atoms with Gasteiger partial charge in [0.05, 0.1) is 44.5 Å². The smallest absolute Gasteiger partial charge is 0.235 e. The molecule has 0 spiro atoms. The highest BCUT2D eigenvalue weighted by atomic mass is 16.3. The molecule has 0 saturated carbocycles. The van der Waals surface area contributed by atoms with Crippen molar-refractivity contribution < 1.29 is 4.42 Å². The highest BCUT2D eigenvalue weighted by Gasteiger charge is 2.29. The van der Waals surface area contributed by atoms with Gasteiger partial charge in [-0.15, -0.1) is 0 Å². The minimum atomic E-state index is 0.607. The van der Waals surface area contributed by atoms with Gasteiger partial charge in [-0.25, -0.2) is 9.97 Å². The Morgan fingerprint density at radius 3 is 1.66 bits per heavy atom. The Bertz CT molecular complexity index is 3600. The van der Waals surface area contributed by atoms with Crippen LogP contribution in [0.4, 0.5) is 17.1 Å². The van der Waals surface area contributed by atoms with Crippen molar-refractivity contribution in [3.63, 3.8) is 0 Å². The topological polar surface area (TPSA) is 52.0 Å². The summed E-state index contributed by atoms with van der Waals surface area (Å²) < 4.78 is 11.8. The molecular weight excluding hydrogens is 687 g/mol. The Hall–Kier alpha value is -7.70. The van der Waals surface area contributed by atoms with E-state index in [1.54, 1.807) is 0 Å². The first-order valence-electron chi connectivity index (χ1n) is 18.9. The molecule has 1 aliphatic heterocycles. The molecule has 6 nitrogen and oxygen atoms in total. The number of nitrogens with zero attached hydrogens (tertiary/aromatic N) is 5. The fraction of sp³-hybridized carbons (Fsp3) is 0. The van der Waals surface area contributed by atoms with Crippen LogP contribution in [0.5, 0.6) is 0 Å². The van der Waals surface area contributed by atoms with Crippen molar-refractivity contribution in [1.82, 2.24) is 19.1 Å². The Morgan fingerprint density at radius 2 is 0.946 bits per heavy atom. The Balaban J connectivity index is 1.15. The van der Waals surface area contributed by atoms with E-state index in [0.29, 0.717) is 5.95 Å². The van der Waals surface area contributed by atoms with Crippen LogP contribution in [0.15, 0.2) is 180 Å². The number of anilines is 3. The first-order chi connectivity index (χ1) is 27.8. The maximum atomic E-state index is 7.25. The quantitative estimate of drug-likeness (QED) is 0.183. The summed E-state index contributed by atoms with van der Waals surface area (Å²) in [5.74, 6) is 0.607. The molecule has 260 valence electrons. The molecule has 0 radical (unpaired) electrons. The molecule has 0 fully saturated rings. The molecule has 0 bridgehead atoms. The van der Waals surface area contributed by atoms with Gasteiger partial charge in [0, 0.05) is 49.3 Å². The van der Waals surface area contributed by atoms with Gasteiger partial charge in [0.2, 0.25) is 5.95 Å². The number of para-hydroxylation sites is 5. The zero-order valence-electron chi connectivity index (χ0n) is 29.9. The highest BCUT2D eigenvalue weighted by Crippen LogP contribution is 2.50. The predicted molar refractivity (Wildman–Crippen MR) is 229 cm³/mol. The summed E-state index contributed by atoms with van der Waals surface area (Å²) in [6, 6.07) is 62.1. The summed E-state index contributed by atoms with van der Waals surface area (Å²) in [6.45, 7) is 0. The average molecular weight is 716 g/mol. The van der Waals surface area contributed by atoms with Gasteiger partial charge in [0.1, 0.15) is 5.52 Å². The molecule has 4 aromatic heterocycles. The van der Waals surface area contributed by atoms with E-state index in [4.69, 9.17) is 14.4 Å². The molecule has 0 unspecified atom stereocenters. The molecule has 0 N–H and O–H groups in total. The van der Waals surface area contributed by atoms with Crippen molar-refractivity contribution in [3.05, 3.63) is 176 Å². The van der Waals surface area contributed by atoms with Gasteiger partial charge in [0.15, 0.2) is 11.2 Å². The zero-order valence-corrected chi connectivity index (χ0v) is 29.9. The van der Waals surface area contributed by atoms with Gasteiger partial charge in [-0.05, 0) is 66.7 Å². The minimum absolute atomic E-state index is 0.607. The van der Waals surface area contributed by atoms with Crippen LogP contribution in [0.25, 0.3) is 99.3 Å². The molecule has 0 saturated heterocycles. The van der Waals surface area contributed by atoms with Crippen molar-refractivity contribution >= 4 is 93.5 Å². The third-order valence-corrected chi connectivity index (χ3v) is 11.6. The maximum Gasteiger partial charge on any atom is 0.235 e. The van der Waals surface area contributed by atoms with Crippen LogP contribution in [0.2, 0.25) is 0 Å². The fourth-order valence-corrected chi connectivity index (χ4v) is 9.33. The molecule has 13 rings (SSSR count). The van der Waals surface area contributed by atoms with Crippen LogP contribution in [0.1, 0.15) is 0 Å². The lowest BCUT2D eigenvalue weighted by Crippen LogP contribution is -2.16. The molecule has 0 atom stereocenters. The number of furan rings is 1. The van der Waals surface area contributed by atoms with E-state index >= 15 is 0 Å². The Kier molecular flexibility index (Phi) is 5.80. The minimum Gasteiger partial charge on any atom is -0.452 e. The summed E-state index contributed by atoms with van der Waals surface area (Å²) in [7, 11) is 0. The van der Waals surface area contributed by atoms with Crippen molar-refractivity contribution in [2.75, 3.05) is 4.90 Å². The average Bonchev–Trinajstić information content (AvgIpc) is 3.92. The van der Waals surface area contributed by atoms with Crippen LogP contribution in [0.3, 0.4) is 0 Å². The van der Waals surface area contributed by atoms with Crippen molar-refractivity contribution in [2.45, 2.75) is 0 Å². The molecule has 5 heterocycles. The SMILES string of the molecule is c1ccc(N2c3ccccc3-c3nc(-n4c5ccccc5c5ccc6c7ccc8c9ccccc9n(-c9ccccc9)c8c7oc6c54)nc4cccc2c34)cc1. The van der Waals surface area contributed by atoms with Crippen molar-refractivity contribution in [2.24, 2.45) is 0 Å². The lowest BCUT2D eigenvalue weighted by atomic mass is 9.96. The molecule has 0 aliphatic carbocycles. The maximum absolute atomic E-state index is 7.25. The lowest BCUT2D eigenvalue weighted by molar-refractivity contribution is 0.673. The summed E-state index contributed by atoms with van der Waals surface area (Å²) in [6.07, 6.45) is 0. The van der Waals surface area contributed by atoms with E-state index in [1.165, 1.54) is 5.39 Å². The van der Waals surface area contributed by atoms with Gasteiger partial charge in [-0.1, -0.05) is 109 Å². The predicted octanol–water partition coefficient (Wildman–Crippen LogP) is 13.2. The van der Waals surface area contributed by atoms with Gasteiger partial charge in [-0.3, -0.25) is 4.57 Å². The first kappa shape index (κ1) is 29.7. The number of fused-ring (bicyclic) bond motifs is 13. The van der Waals surface area contributed by atoms with Gasteiger partial charge < -0.3 is 13.9 Å². The third-order valence-electron chi connectivity index (χ3n) is 11.6. The van der Waals surface area contributed by atoms with Crippen LogP contribution in [0, 0.1) is 0 Å². The summed E-state index contributed by atoms with van der Waals surface area (Å²) >= 11 is 0. The number of aromatic nitrogens is 4. The zero-order chi connectivity index (χ0) is 36.5. The van der Waals surface area contributed by atoms with Crippen LogP contribution >= 0.6 is 0 Å². The first-order valence-corrected chi connectivity index (χ1v) is 18.9. The third kappa shape index (κ3) is 3.84. The van der Waals surface area contributed by atoms with Crippen LogP contribution in [-0.4, -0.2) is 19.1 Å². The monoisotopic (exact) mass is 715 g/mol. The molecule has 56 heavy (non-hydrogen) atoms. The summed E-state index contributed by atoms with van der Waals surface area (Å²) in [4.78, 5) is 13.2. The number of benzene rings is 8. The summed E-state index contributed by atoms with van der Waals surface area (Å²) in [5, 5.41) is 7.71. The molecule has 0 amide bonds. The van der Waals surface area contributed by atoms with E-state index in [1.807, 2.05) is 0 Å². The molecule has 6 heteroatoms. The highest BCUT2D eigenvalue weighted by molar-refractivity contribution is 6.26. The van der Waals surface area contributed by atoms with E-state index < -0.39 is 0 Å². The number of hydrogen-bond donors (Lipinski definition) is 0. The van der Waals surface area contributed by atoms with Crippen LogP contribution < -0.4 is 4.90 Å². The second-order valence-electron chi connectivity index (χ2n) is 14.6. The fourth-order valence-electron chi connectivity index (χ4n) is 9.33. The summed E-state index contributed by atoms with van der Waals surface area (Å²) in [5.41, 5.74) is 13.0. The van der Waals surface area contributed by atoms with E-state index in [9.17, 15) is 0 Å². The van der Waals surface area contributed by atoms with Gasteiger partial charge in [-0.2, -0.15) is 0 Å². The standard InChI is InChI=1S/C50H29N5O/c1-3-14-30(15-4-1)53-42-24-12-9-20-38(42)45-44-39(21-13-25-43(44)53)51-50(52-45)55-41-23-11-8-19-33(41)35-27-29-37-36-28-26-34-32-18-7-10-22-40(32)54(31-16-5-2-6-17-31)46(34)48(36)56-49(37)47(35)55/h1-29H. The van der Waals surface area contributed by atoms with Gasteiger partial charge >= 0.3 is 0 Å². The van der Waals surface area contributed by atoms with Gasteiger partial charge in [0.25, 0.3) is 0 Å². The Morgan fingerprint density at radius 1 is 0.393 bits per heavy atom. The number of rotatable bonds is 3. The molecule has 12 aromatic rings. The normalized spacial score (nSPS) is 12.6. The molecule has 1 aliphatic rings. The van der Waals surface area contributed by atoms with E-state index in [0.717, 1.165) is 105 Å². The van der Waals surface area contributed by atoms with Crippen LogP contribution in [-0.2, 0) is 0 Å².